The van der Waals surface area contributed by atoms with Gasteiger partial charge in [-0.25, -0.2) is 0 Å². The molecule has 4 rings (SSSR count). The van der Waals surface area contributed by atoms with Gasteiger partial charge < -0.3 is 9.59 Å². The maximum Gasteiger partial charge on any atom is -0.0809 e. The van der Waals surface area contributed by atoms with Crippen molar-refractivity contribution in [3.63, 3.8) is 0 Å². The predicted octanol–water partition coefficient (Wildman–Crippen LogP) is 5.70. The molecule has 4 aromatic rings. The Morgan fingerprint density at radius 2 is 1.04 bits per heavy atom. The molecule has 0 heterocycles. The van der Waals surface area contributed by atoms with Crippen LogP contribution in [0.25, 0.3) is 21.5 Å². The third-order valence-corrected chi connectivity index (χ3v) is 3.10. The Bertz CT molecular complexity index is 747. The van der Waals surface area contributed by atoms with Crippen LogP contribution in [0.1, 0.15) is 20.8 Å². The first-order valence-electron chi connectivity index (χ1n) is 8.42. The van der Waals surface area contributed by atoms with Crippen molar-refractivity contribution >= 4 is 38.4 Å². The van der Waals surface area contributed by atoms with Gasteiger partial charge in [0, 0.05) is 0 Å². The zero-order valence-electron chi connectivity index (χ0n) is 16.0. The third kappa shape index (κ3) is 11.0. The zero-order chi connectivity index (χ0) is 20.3. The standard InChI is InChI=1S/2C9H7.2C2H3O.C2H4.Ti/c2*1-2-5-9-7-3-6-8(9)4-1;2*1-2-3;1-2;/h2*1-7H;2*1H3;1H,2H3;/q4*-1;;. The van der Waals surface area contributed by atoms with Crippen molar-refractivity contribution < 1.29 is 29.6 Å². The number of hydrogen-bond donors (Lipinski definition) is 0. The Labute approximate surface area is 173 Å². The van der Waals surface area contributed by atoms with Gasteiger partial charge in [-0.3, -0.25) is 12.6 Å². The Morgan fingerprint density at radius 3 is 1.33 bits per heavy atom. The number of hydrogen-bond acceptors (Lipinski definition) is 2. The van der Waals surface area contributed by atoms with E-state index in [1.165, 1.54) is 48.0 Å². The Hall–Kier alpha value is -2.42. The molecule has 4 aromatic carbocycles. The summed E-state index contributed by atoms with van der Waals surface area (Å²) in [6.45, 7) is 4.64. The minimum Gasteiger partial charge on any atom is -0.168 e. The molecule has 0 amide bonds. The molecule has 0 aliphatic heterocycles. The van der Waals surface area contributed by atoms with Crippen LogP contribution < -0.4 is 0 Å². The van der Waals surface area contributed by atoms with Crippen LogP contribution in [0.5, 0.6) is 0 Å². The molecule has 0 unspecified atom stereocenters. The minimum atomic E-state index is 1.32. The quantitative estimate of drug-likeness (QED) is 0.284. The molecule has 0 fully saturated rings. The van der Waals surface area contributed by atoms with Crippen molar-refractivity contribution in [3.8, 4) is 0 Å². The van der Waals surface area contributed by atoms with Gasteiger partial charge in [-0.05, 0) is 0 Å². The molecule has 0 spiro atoms. The fourth-order valence-electron chi connectivity index (χ4n) is 2.14. The summed E-state index contributed by atoms with van der Waals surface area (Å²) in [5, 5.41) is 5.32. The molecule has 0 bridgehead atoms. The van der Waals surface area contributed by atoms with Crippen LogP contribution in [-0.2, 0) is 29.6 Å². The van der Waals surface area contributed by atoms with Crippen molar-refractivity contribution in [2.75, 3.05) is 0 Å². The van der Waals surface area contributed by atoms with E-state index in [0.717, 1.165) is 0 Å². The molecule has 27 heavy (non-hydrogen) atoms. The summed E-state index contributed by atoms with van der Waals surface area (Å²) in [6.07, 6.45) is 3.00. The topological polar surface area (TPSA) is 34.1 Å². The molecule has 0 saturated heterocycles. The second-order valence-corrected chi connectivity index (χ2v) is 5.91. The molecular formula is C24H24O2Ti-4. The minimum absolute atomic E-state index is 1.32. The van der Waals surface area contributed by atoms with E-state index in [0.29, 0.717) is 0 Å². The van der Waals surface area contributed by atoms with E-state index in [1.54, 1.807) is 0 Å². The van der Waals surface area contributed by atoms with Crippen LogP contribution >= 0.6 is 0 Å². The van der Waals surface area contributed by atoms with Crippen molar-refractivity contribution in [1.29, 1.82) is 0 Å². The summed E-state index contributed by atoms with van der Waals surface area (Å²) < 4.78 is 2.00. The van der Waals surface area contributed by atoms with Gasteiger partial charge in [-0.2, -0.15) is 48.9 Å². The fourth-order valence-corrected chi connectivity index (χ4v) is 2.14. The van der Waals surface area contributed by atoms with E-state index in [1.807, 2.05) is 31.2 Å². The van der Waals surface area contributed by atoms with Gasteiger partial charge in [0.25, 0.3) is 0 Å². The number of carbonyl (C=O) groups excluding carboxylic acids is 2. The first-order valence-corrected chi connectivity index (χ1v) is 9.32. The van der Waals surface area contributed by atoms with Crippen LogP contribution in [0.4, 0.5) is 0 Å². The van der Waals surface area contributed by atoms with Crippen LogP contribution in [-0.4, -0.2) is 16.9 Å². The molecule has 0 aromatic heterocycles. The first-order chi connectivity index (χ1) is 13.2. The van der Waals surface area contributed by atoms with E-state index >= 15 is 0 Å². The summed E-state index contributed by atoms with van der Waals surface area (Å²) >= 11 is 2.00. The molecule has 0 atom stereocenters. The zero-order valence-corrected chi connectivity index (χ0v) is 17.5. The Balaban J connectivity index is 0.000000354. The van der Waals surface area contributed by atoms with Gasteiger partial charge in [-0.1, -0.05) is 12.1 Å². The maximum absolute atomic E-state index is 8.68. The Morgan fingerprint density at radius 1 is 0.741 bits per heavy atom. The van der Waals surface area contributed by atoms with E-state index in [2.05, 4.69) is 84.9 Å². The summed E-state index contributed by atoms with van der Waals surface area (Å²) in [7, 11) is 0. The molecule has 0 N–H and O–H groups in total. The molecule has 0 radical (unpaired) electrons. The number of fused-ring (bicyclic) bond motifs is 2. The van der Waals surface area contributed by atoms with Crippen molar-refractivity contribution in [3.05, 3.63) is 84.9 Å². The molecule has 140 valence electrons. The van der Waals surface area contributed by atoms with Crippen LogP contribution in [0, 0.1) is 0 Å². The van der Waals surface area contributed by atoms with Gasteiger partial charge in [-0.15, -0.1) is 59.3 Å². The fraction of sp³-hybridized carbons (Fsp3) is 0.125. The summed E-state index contributed by atoms with van der Waals surface area (Å²) in [5.41, 5.74) is 0. The number of benzene rings is 2. The second-order valence-electron chi connectivity index (χ2n) is 5.01. The van der Waals surface area contributed by atoms with Crippen molar-refractivity contribution in [1.82, 2.24) is 0 Å². The van der Waals surface area contributed by atoms with Gasteiger partial charge in [0.05, 0.1) is 0 Å². The van der Waals surface area contributed by atoms with E-state index < -0.39 is 0 Å². The number of rotatable bonds is 0. The second kappa shape index (κ2) is 17.0. The Kier molecular flexibility index (Phi) is 15.5. The monoisotopic (exact) mass is 392 g/mol. The average Bonchev–Trinajstić information content (AvgIpc) is 3.33. The van der Waals surface area contributed by atoms with Crippen LogP contribution in [0.15, 0.2) is 84.9 Å². The molecule has 0 aliphatic carbocycles. The summed E-state index contributed by atoms with van der Waals surface area (Å²) in [5.74, 6) is 0. The van der Waals surface area contributed by atoms with Crippen LogP contribution in [0.3, 0.4) is 0 Å². The van der Waals surface area contributed by atoms with Gasteiger partial charge in [0.2, 0.25) is 0 Å². The summed E-state index contributed by atoms with van der Waals surface area (Å²) in [6, 6.07) is 29.3. The summed E-state index contributed by atoms with van der Waals surface area (Å²) in [4.78, 5) is 17.4. The normalized spacial score (nSPS) is 8.22. The predicted molar refractivity (Wildman–Crippen MR) is 114 cm³/mol. The van der Waals surface area contributed by atoms with E-state index in [4.69, 9.17) is 9.59 Å². The SMILES string of the molecule is C[C-]=O.C[C-]=O.C[CH]=[Ti].c1ccc2[cH-]ccc2c1.c1ccc2[cH-]ccc2c1. The van der Waals surface area contributed by atoms with Crippen LogP contribution in [0.2, 0.25) is 0 Å². The van der Waals surface area contributed by atoms with Crippen molar-refractivity contribution in [2.45, 2.75) is 20.8 Å². The largest absolute Gasteiger partial charge is 0.168 e. The smallest absolute Gasteiger partial charge is 0.0809 e. The first kappa shape index (κ1) is 24.6. The average molecular weight is 392 g/mol. The molecule has 3 heteroatoms. The molecule has 2 nitrogen and oxygen atoms in total. The van der Waals surface area contributed by atoms with Gasteiger partial charge in [0.1, 0.15) is 0 Å². The van der Waals surface area contributed by atoms with E-state index in [-0.39, 0.29) is 0 Å². The van der Waals surface area contributed by atoms with E-state index in [9.17, 15) is 0 Å². The van der Waals surface area contributed by atoms with Gasteiger partial charge >= 0.3 is 31.2 Å². The molecular weight excluding hydrogens is 368 g/mol. The molecule has 0 saturated carbocycles. The van der Waals surface area contributed by atoms with Gasteiger partial charge in [0.15, 0.2) is 0 Å². The van der Waals surface area contributed by atoms with Crippen molar-refractivity contribution in [2.24, 2.45) is 0 Å². The molecule has 0 aliphatic rings. The maximum atomic E-state index is 8.68. The third-order valence-electron chi connectivity index (χ3n) is 3.10.